The molecule has 29 heavy (non-hydrogen) atoms. The first-order valence-electron chi connectivity index (χ1n) is 9.93. The summed E-state index contributed by atoms with van der Waals surface area (Å²) >= 11 is 0. The van der Waals surface area contributed by atoms with Crippen LogP contribution in [0.1, 0.15) is 59.3 Å². The third-order valence-electron chi connectivity index (χ3n) is 4.89. The van der Waals surface area contributed by atoms with Gasteiger partial charge in [-0.15, -0.1) is 0 Å². The molecule has 0 fully saturated rings. The highest BCUT2D eigenvalue weighted by Gasteiger charge is 2.21. The van der Waals surface area contributed by atoms with Gasteiger partial charge in [0.1, 0.15) is 6.04 Å². The molecule has 156 valence electrons. The van der Waals surface area contributed by atoms with Crippen LogP contribution < -0.4 is 5.32 Å². The second-order valence-corrected chi connectivity index (χ2v) is 7.71. The van der Waals surface area contributed by atoms with Crippen LogP contribution in [0.15, 0.2) is 36.4 Å². The van der Waals surface area contributed by atoms with Crippen LogP contribution in [0.2, 0.25) is 0 Å². The van der Waals surface area contributed by atoms with Gasteiger partial charge in [0.2, 0.25) is 5.78 Å². The molecule has 1 N–H and O–H groups in total. The molecule has 0 aliphatic heterocycles. The van der Waals surface area contributed by atoms with Gasteiger partial charge in [0.25, 0.3) is 5.91 Å². The number of aryl methyl sites for hydroxylation is 1. The monoisotopic (exact) mass is 398 g/mol. The molecule has 1 amide bonds. The standard InChI is InChI=1S/C23H30N2O4/c1-15(2)11-12-25-16(3)13-20(18(25)5)21(26)14-29-23(28)17(4)24-22(27)19-9-7-6-8-10-19/h6-10,13,15,17H,11-12,14H2,1-5H3,(H,24,27)/t17-/m0/s1. The second kappa shape index (κ2) is 10.0. The number of hydrogen-bond acceptors (Lipinski definition) is 4. The summed E-state index contributed by atoms with van der Waals surface area (Å²) in [7, 11) is 0. The largest absolute Gasteiger partial charge is 0.456 e. The van der Waals surface area contributed by atoms with Gasteiger partial charge in [0.05, 0.1) is 0 Å². The first-order chi connectivity index (χ1) is 13.7. The Morgan fingerprint density at radius 1 is 1.07 bits per heavy atom. The number of rotatable bonds is 9. The van der Waals surface area contributed by atoms with Crippen molar-refractivity contribution >= 4 is 17.7 Å². The van der Waals surface area contributed by atoms with Crippen LogP contribution >= 0.6 is 0 Å². The molecule has 1 aromatic carbocycles. The Kier molecular flexibility index (Phi) is 7.76. The normalized spacial score (nSPS) is 11.9. The van der Waals surface area contributed by atoms with Crippen molar-refractivity contribution in [3.63, 3.8) is 0 Å². The van der Waals surface area contributed by atoms with Crippen LogP contribution in [0.25, 0.3) is 0 Å². The number of carbonyl (C=O) groups excluding carboxylic acids is 3. The van der Waals surface area contributed by atoms with Crippen LogP contribution in [0.3, 0.4) is 0 Å². The molecule has 0 aliphatic rings. The van der Waals surface area contributed by atoms with E-state index in [-0.39, 0.29) is 18.3 Å². The maximum absolute atomic E-state index is 12.6. The van der Waals surface area contributed by atoms with Crippen LogP contribution in [0.5, 0.6) is 0 Å². The molecule has 0 bridgehead atoms. The Morgan fingerprint density at radius 2 is 1.72 bits per heavy atom. The molecule has 0 aliphatic carbocycles. The van der Waals surface area contributed by atoms with Crippen molar-refractivity contribution in [2.24, 2.45) is 5.92 Å². The van der Waals surface area contributed by atoms with E-state index < -0.39 is 12.0 Å². The van der Waals surface area contributed by atoms with Gasteiger partial charge < -0.3 is 14.6 Å². The predicted molar refractivity (Wildman–Crippen MR) is 112 cm³/mol. The van der Waals surface area contributed by atoms with E-state index in [1.165, 1.54) is 6.92 Å². The molecule has 6 nitrogen and oxygen atoms in total. The van der Waals surface area contributed by atoms with Crippen molar-refractivity contribution in [1.29, 1.82) is 0 Å². The lowest BCUT2D eigenvalue weighted by atomic mass is 10.1. The summed E-state index contributed by atoms with van der Waals surface area (Å²) in [4.78, 5) is 36.9. The lowest BCUT2D eigenvalue weighted by molar-refractivity contribution is -0.144. The SMILES string of the molecule is Cc1cc(C(=O)COC(=O)[C@H](C)NC(=O)c2ccccc2)c(C)n1CCC(C)C. The van der Waals surface area contributed by atoms with Gasteiger partial charge in [0, 0.05) is 29.1 Å². The van der Waals surface area contributed by atoms with Gasteiger partial charge in [-0.2, -0.15) is 0 Å². The fourth-order valence-electron chi connectivity index (χ4n) is 3.08. The van der Waals surface area contributed by atoms with Gasteiger partial charge in [-0.05, 0) is 51.3 Å². The van der Waals surface area contributed by atoms with E-state index in [4.69, 9.17) is 4.74 Å². The quantitative estimate of drug-likeness (QED) is 0.516. The predicted octanol–water partition coefficient (Wildman–Crippen LogP) is 3.70. The zero-order chi connectivity index (χ0) is 21.6. The lowest BCUT2D eigenvalue weighted by Gasteiger charge is -2.13. The number of hydrogen-bond donors (Lipinski definition) is 1. The van der Waals surface area contributed by atoms with E-state index in [0.29, 0.717) is 17.0 Å². The smallest absolute Gasteiger partial charge is 0.328 e. The summed E-state index contributed by atoms with van der Waals surface area (Å²) in [5.41, 5.74) is 2.92. The highest BCUT2D eigenvalue weighted by atomic mass is 16.5. The zero-order valence-electron chi connectivity index (χ0n) is 17.8. The minimum atomic E-state index is -0.853. The first-order valence-corrected chi connectivity index (χ1v) is 9.93. The van der Waals surface area contributed by atoms with Gasteiger partial charge in [0.15, 0.2) is 6.61 Å². The fourth-order valence-corrected chi connectivity index (χ4v) is 3.08. The molecule has 6 heteroatoms. The lowest BCUT2D eigenvalue weighted by Crippen LogP contribution is -2.40. The van der Waals surface area contributed by atoms with Gasteiger partial charge in [-0.25, -0.2) is 4.79 Å². The van der Waals surface area contributed by atoms with E-state index >= 15 is 0 Å². The van der Waals surface area contributed by atoms with Crippen molar-refractivity contribution in [3.05, 3.63) is 58.9 Å². The zero-order valence-corrected chi connectivity index (χ0v) is 17.8. The van der Waals surface area contributed by atoms with Crippen LogP contribution in [0.4, 0.5) is 0 Å². The summed E-state index contributed by atoms with van der Waals surface area (Å²) in [5, 5.41) is 2.58. The molecule has 0 spiro atoms. The maximum Gasteiger partial charge on any atom is 0.328 e. The number of esters is 1. The summed E-state index contributed by atoms with van der Waals surface area (Å²) in [6, 6.07) is 9.60. The van der Waals surface area contributed by atoms with E-state index in [0.717, 1.165) is 24.4 Å². The Morgan fingerprint density at radius 3 is 2.34 bits per heavy atom. The summed E-state index contributed by atoms with van der Waals surface area (Å²) in [6.45, 7) is 10.2. The number of ketones is 1. The number of benzene rings is 1. The molecule has 0 radical (unpaired) electrons. The van der Waals surface area contributed by atoms with Crippen molar-refractivity contribution in [2.45, 2.75) is 53.6 Å². The van der Waals surface area contributed by atoms with Gasteiger partial charge >= 0.3 is 5.97 Å². The van der Waals surface area contributed by atoms with E-state index in [2.05, 4.69) is 23.7 Å². The van der Waals surface area contributed by atoms with Crippen molar-refractivity contribution in [3.8, 4) is 0 Å². The summed E-state index contributed by atoms with van der Waals surface area (Å²) < 4.78 is 7.27. The number of amides is 1. The fraction of sp³-hybridized carbons (Fsp3) is 0.435. The molecule has 0 unspecified atom stereocenters. The van der Waals surface area contributed by atoms with Crippen LogP contribution in [-0.2, 0) is 16.1 Å². The molecular formula is C23H30N2O4. The molecule has 0 saturated carbocycles. The number of carbonyl (C=O) groups is 3. The number of Topliss-reactive ketones (excluding diaryl/α,β-unsaturated/α-hetero) is 1. The van der Waals surface area contributed by atoms with E-state index in [9.17, 15) is 14.4 Å². The van der Waals surface area contributed by atoms with Crippen molar-refractivity contribution in [1.82, 2.24) is 9.88 Å². The minimum absolute atomic E-state index is 0.246. The molecule has 2 rings (SSSR count). The first kappa shape index (κ1) is 22.4. The average Bonchev–Trinajstić information content (AvgIpc) is 2.98. The third-order valence-corrected chi connectivity index (χ3v) is 4.89. The van der Waals surface area contributed by atoms with Gasteiger partial charge in [-0.3, -0.25) is 9.59 Å². The highest BCUT2D eigenvalue weighted by Crippen LogP contribution is 2.18. The number of aromatic nitrogens is 1. The molecule has 0 saturated heterocycles. The number of nitrogens with one attached hydrogen (secondary N) is 1. The van der Waals surface area contributed by atoms with Crippen molar-refractivity contribution < 1.29 is 19.1 Å². The maximum atomic E-state index is 12.6. The molecular weight excluding hydrogens is 368 g/mol. The molecule has 1 atom stereocenters. The Hall–Kier alpha value is -2.89. The molecule has 2 aromatic rings. The molecule has 1 heterocycles. The second-order valence-electron chi connectivity index (χ2n) is 7.71. The Balaban J connectivity index is 1.92. The van der Waals surface area contributed by atoms with E-state index in [1.807, 2.05) is 19.9 Å². The average molecular weight is 399 g/mol. The highest BCUT2D eigenvalue weighted by molar-refractivity contribution is 6.00. The topological polar surface area (TPSA) is 77.4 Å². The van der Waals surface area contributed by atoms with Crippen LogP contribution in [0, 0.1) is 19.8 Å². The summed E-state index contributed by atoms with van der Waals surface area (Å²) in [6.07, 6.45) is 1.03. The molecule has 1 aromatic heterocycles. The van der Waals surface area contributed by atoms with Crippen LogP contribution in [-0.4, -0.2) is 34.9 Å². The minimum Gasteiger partial charge on any atom is -0.456 e. The number of nitrogens with zero attached hydrogens (tertiary/aromatic N) is 1. The Labute approximate surface area is 172 Å². The third kappa shape index (κ3) is 6.04. The van der Waals surface area contributed by atoms with Gasteiger partial charge in [-0.1, -0.05) is 32.0 Å². The number of ether oxygens (including phenoxy) is 1. The Bertz CT molecular complexity index is 869. The van der Waals surface area contributed by atoms with Crippen molar-refractivity contribution in [2.75, 3.05) is 6.61 Å². The van der Waals surface area contributed by atoms with E-state index in [1.54, 1.807) is 30.3 Å². The summed E-state index contributed by atoms with van der Waals surface area (Å²) in [5.74, 6) is -0.681.